The lowest BCUT2D eigenvalue weighted by atomic mass is 10.2. The minimum absolute atomic E-state index is 0.287. The van der Waals surface area contributed by atoms with E-state index in [0.29, 0.717) is 6.04 Å². The Morgan fingerprint density at radius 3 is 3.00 bits per heavy atom. The Balaban J connectivity index is 1.64. The van der Waals surface area contributed by atoms with Gasteiger partial charge in [-0.15, -0.1) is 0 Å². The molecular weight excluding hydrogens is 264 g/mol. The zero-order valence-electron chi connectivity index (χ0n) is 12.7. The number of nitrogens with zero attached hydrogens (tertiary/aromatic N) is 4. The van der Waals surface area contributed by atoms with E-state index in [9.17, 15) is 0 Å². The van der Waals surface area contributed by atoms with E-state index in [1.54, 1.807) is 0 Å². The summed E-state index contributed by atoms with van der Waals surface area (Å²) in [5, 5.41) is 4.18. The number of rotatable bonds is 5. The first-order valence-electron chi connectivity index (χ1n) is 7.71. The van der Waals surface area contributed by atoms with E-state index in [4.69, 9.17) is 4.52 Å². The second-order valence-electron chi connectivity index (χ2n) is 5.91. The van der Waals surface area contributed by atoms with Crippen LogP contribution in [0.1, 0.15) is 56.1 Å². The van der Waals surface area contributed by atoms with E-state index >= 15 is 0 Å². The van der Waals surface area contributed by atoms with Crippen molar-refractivity contribution in [2.24, 2.45) is 0 Å². The quantitative estimate of drug-likeness (QED) is 0.845. The van der Waals surface area contributed by atoms with Crippen LogP contribution in [0.4, 0.5) is 0 Å². The molecule has 0 saturated carbocycles. The molecule has 3 heterocycles. The Morgan fingerprint density at radius 1 is 1.38 bits per heavy atom. The van der Waals surface area contributed by atoms with Crippen LogP contribution in [-0.2, 0) is 6.42 Å². The Morgan fingerprint density at radius 2 is 2.29 bits per heavy atom. The highest BCUT2D eigenvalue weighted by Gasteiger charge is 2.29. The highest BCUT2D eigenvalue weighted by atomic mass is 16.5. The highest BCUT2D eigenvalue weighted by molar-refractivity contribution is 5.05. The summed E-state index contributed by atoms with van der Waals surface area (Å²) in [6.45, 7) is 6.24. The molecule has 0 amide bonds. The summed E-state index contributed by atoms with van der Waals surface area (Å²) in [4.78, 5) is 11.4. The van der Waals surface area contributed by atoms with Crippen molar-refractivity contribution in [2.75, 3.05) is 13.1 Å². The highest BCUT2D eigenvalue weighted by Crippen LogP contribution is 2.30. The molecule has 1 aliphatic rings. The van der Waals surface area contributed by atoms with Gasteiger partial charge in [-0.05, 0) is 31.5 Å². The van der Waals surface area contributed by atoms with Gasteiger partial charge in [-0.3, -0.25) is 9.88 Å². The lowest BCUT2D eigenvalue weighted by molar-refractivity contribution is 0.244. The predicted octanol–water partition coefficient (Wildman–Crippen LogP) is 2.97. The molecule has 21 heavy (non-hydrogen) atoms. The lowest BCUT2D eigenvalue weighted by Gasteiger charge is -2.21. The monoisotopic (exact) mass is 286 g/mol. The summed E-state index contributed by atoms with van der Waals surface area (Å²) in [7, 11) is 0. The van der Waals surface area contributed by atoms with E-state index in [2.05, 4.69) is 39.9 Å². The molecule has 0 bridgehead atoms. The number of hydrogen-bond donors (Lipinski definition) is 0. The zero-order chi connectivity index (χ0) is 14.7. The van der Waals surface area contributed by atoms with Crippen molar-refractivity contribution >= 4 is 0 Å². The van der Waals surface area contributed by atoms with E-state index < -0.39 is 0 Å². The second-order valence-corrected chi connectivity index (χ2v) is 5.91. The molecule has 5 nitrogen and oxygen atoms in total. The first kappa shape index (κ1) is 14.2. The molecule has 0 aromatic carbocycles. The number of pyridine rings is 1. The van der Waals surface area contributed by atoms with Gasteiger partial charge in [-0.1, -0.05) is 25.1 Å². The minimum Gasteiger partial charge on any atom is -0.339 e. The van der Waals surface area contributed by atoms with Crippen LogP contribution >= 0.6 is 0 Å². The van der Waals surface area contributed by atoms with E-state index in [1.807, 2.05) is 18.3 Å². The van der Waals surface area contributed by atoms with Crippen molar-refractivity contribution in [3.8, 4) is 0 Å². The standard InChI is InChI=1S/C16H22N4O/c1-12(2)16-18-15(19-21-16)14-7-5-10-20(14)11-8-13-6-3-4-9-17-13/h3-4,6,9,12,14H,5,7-8,10-11H2,1-2H3/t14-/m0/s1. The van der Waals surface area contributed by atoms with Gasteiger partial charge in [0.15, 0.2) is 5.82 Å². The molecule has 1 fully saturated rings. The molecule has 3 rings (SSSR count). The van der Waals surface area contributed by atoms with Gasteiger partial charge in [0.1, 0.15) is 0 Å². The molecule has 1 saturated heterocycles. The predicted molar refractivity (Wildman–Crippen MR) is 79.9 cm³/mol. The lowest BCUT2D eigenvalue weighted by Crippen LogP contribution is -2.26. The molecule has 5 heteroatoms. The average Bonchev–Trinajstić information content (AvgIpc) is 3.15. The van der Waals surface area contributed by atoms with Crippen LogP contribution in [0.5, 0.6) is 0 Å². The SMILES string of the molecule is CC(C)c1nc([C@@H]2CCCN2CCc2ccccn2)no1. The van der Waals surface area contributed by atoms with Crippen molar-refractivity contribution in [1.29, 1.82) is 0 Å². The average molecular weight is 286 g/mol. The van der Waals surface area contributed by atoms with Crippen LogP contribution < -0.4 is 0 Å². The minimum atomic E-state index is 0.287. The fraction of sp³-hybridized carbons (Fsp3) is 0.562. The van der Waals surface area contributed by atoms with Gasteiger partial charge in [-0.2, -0.15) is 4.98 Å². The third-order valence-electron chi connectivity index (χ3n) is 3.99. The molecule has 0 N–H and O–H groups in total. The second kappa shape index (κ2) is 6.35. The van der Waals surface area contributed by atoms with Gasteiger partial charge >= 0.3 is 0 Å². The molecule has 0 aliphatic carbocycles. The van der Waals surface area contributed by atoms with Gasteiger partial charge in [0.2, 0.25) is 5.89 Å². The molecule has 112 valence electrons. The molecule has 0 spiro atoms. The molecule has 1 atom stereocenters. The summed E-state index contributed by atoms with van der Waals surface area (Å²) in [6, 6.07) is 6.37. The fourth-order valence-corrected chi connectivity index (χ4v) is 2.81. The molecule has 2 aromatic rings. The van der Waals surface area contributed by atoms with Gasteiger partial charge in [0, 0.05) is 30.8 Å². The Labute approximate surface area is 125 Å². The summed E-state index contributed by atoms with van der Waals surface area (Å²) in [5.41, 5.74) is 1.14. The van der Waals surface area contributed by atoms with Gasteiger partial charge in [0.05, 0.1) is 6.04 Å². The number of likely N-dealkylation sites (tertiary alicyclic amines) is 1. The van der Waals surface area contributed by atoms with Crippen molar-refractivity contribution in [3.63, 3.8) is 0 Å². The van der Waals surface area contributed by atoms with Crippen LogP contribution in [0.15, 0.2) is 28.9 Å². The molecule has 0 unspecified atom stereocenters. The summed E-state index contributed by atoms with van der Waals surface area (Å²) in [5.74, 6) is 1.87. The number of hydrogen-bond acceptors (Lipinski definition) is 5. The largest absolute Gasteiger partial charge is 0.339 e. The first-order valence-corrected chi connectivity index (χ1v) is 7.71. The van der Waals surface area contributed by atoms with Gasteiger partial charge in [0.25, 0.3) is 0 Å². The van der Waals surface area contributed by atoms with Crippen molar-refractivity contribution < 1.29 is 4.52 Å². The zero-order valence-corrected chi connectivity index (χ0v) is 12.7. The Hall–Kier alpha value is -1.75. The van der Waals surface area contributed by atoms with Crippen molar-refractivity contribution in [3.05, 3.63) is 41.8 Å². The third-order valence-corrected chi connectivity index (χ3v) is 3.99. The first-order chi connectivity index (χ1) is 10.2. The number of aromatic nitrogens is 3. The van der Waals surface area contributed by atoms with Crippen LogP contribution in [-0.4, -0.2) is 33.1 Å². The molecule has 2 aromatic heterocycles. The summed E-state index contributed by atoms with van der Waals surface area (Å²) >= 11 is 0. The Bertz CT molecular complexity index is 567. The van der Waals surface area contributed by atoms with Crippen LogP contribution in [0.2, 0.25) is 0 Å². The molecular formula is C16H22N4O. The van der Waals surface area contributed by atoms with Gasteiger partial charge in [-0.25, -0.2) is 0 Å². The fourth-order valence-electron chi connectivity index (χ4n) is 2.81. The normalized spacial score (nSPS) is 19.5. The van der Waals surface area contributed by atoms with Gasteiger partial charge < -0.3 is 4.52 Å². The van der Waals surface area contributed by atoms with E-state index in [1.165, 1.54) is 6.42 Å². The van der Waals surface area contributed by atoms with Crippen molar-refractivity contribution in [1.82, 2.24) is 20.0 Å². The maximum atomic E-state index is 5.35. The maximum Gasteiger partial charge on any atom is 0.229 e. The molecule has 1 aliphatic heterocycles. The molecule has 0 radical (unpaired) electrons. The topological polar surface area (TPSA) is 55.1 Å². The van der Waals surface area contributed by atoms with Crippen LogP contribution in [0.3, 0.4) is 0 Å². The third kappa shape index (κ3) is 3.29. The van der Waals surface area contributed by atoms with E-state index in [0.717, 1.165) is 43.3 Å². The van der Waals surface area contributed by atoms with Crippen LogP contribution in [0.25, 0.3) is 0 Å². The summed E-state index contributed by atoms with van der Waals surface area (Å²) in [6.07, 6.45) is 5.12. The maximum absolute atomic E-state index is 5.35. The van der Waals surface area contributed by atoms with E-state index in [-0.39, 0.29) is 5.92 Å². The summed E-state index contributed by atoms with van der Waals surface area (Å²) < 4.78 is 5.35. The smallest absolute Gasteiger partial charge is 0.229 e. The van der Waals surface area contributed by atoms with Crippen LogP contribution in [0, 0.1) is 0 Å². The Kier molecular flexibility index (Phi) is 4.29. The van der Waals surface area contributed by atoms with Crippen molar-refractivity contribution in [2.45, 2.75) is 45.1 Å².